The number of aromatic nitrogens is 1. The smallest absolute Gasteiger partial charge is 0.257 e. The molecule has 1 aromatic heterocycles. The monoisotopic (exact) mass is 318 g/mol. The molecule has 1 aliphatic rings. The van der Waals surface area contributed by atoms with Crippen LogP contribution in [0.3, 0.4) is 0 Å². The minimum Gasteiger partial charge on any atom is -0.456 e. The molecule has 1 aromatic carbocycles. The van der Waals surface area contributed by atoms with Crippen LogP contribution in [0.25, 0.3) is 0 Å². The number of carbonyl (C=O) groups is 1. The number of anilines is 1. The number of rotatable bonds is 4. The Hall–Kier alpha value is -2.51. The van der Waals surface area contributed by atoms with Crippen LogP contribution in [0.5, 0.6) is 11.5 Å². The zero-order chi connectivity index (χ0) is 16.1. The lowest BCUT2D eigenvalue weighted by Gasteiger charge is -2.21. The van der Waals surface area contributed by atoms with E-state index in [4.69, 9.17) is 14.2 Å². The van der Waals surface area contributed by atoms with Gasteiger partial charge in [0.15, 0.2) is 6.10 Å². The summed E-state index contributed by atoms with van der Waals surface area (Å²) in [6.45, 7) is 1.13. The van der Waals surface area contributed by atoms with Gasteiger partial charge in [0, 0.05) is 0 Å². The van der Waals surface area contributed by atoms with Gasteiger partial charge in [-0.25, -0.2) is 9.37 Å². The highest BCUT2D eigenvalue weighted by Crippen LogP contribution is 2.21. The predicted octanol–water partition coefficient (Wildman–Crippen LogP) is 2.37. The largest absolute Gasteiger partial charge is 0.456 e. The molecule has 1 atom stereocenters. The third-order valence-electron chi connectivity index (χ3n) is 3.15. The molecule has 0 unspecified atom stereocenters. The van der Waals surface area contributed by atoms with Crippen molar-refractivity contribution in [3.63, 3.8) is 0 Å². The van der Waals surface area contributed by atoms with Crippen molar-refractivity contribution in [1.82, 2.24) is 4.98 Å². The lowest BCUT2D eigenvalue weighted by atomic mass is 10.3. The average Bonchev–Trinajstić information content (AvgIpc) is 2.59. The van der Waals surface area contributed by atoms with Crippen molar-refractivity contribution in [2.24, 2.45) is 0 Å². The van der Waals surface area contributed by atoms with Gasteiger partial charge in [-0.05, 0) is 36.4 Å². The first-order valence-corrected chi connectivity index (χ1v) is 7.10. The summed E-state index contributed by atoms with van der Waals surface area (Å²) in [7, 11) is 0. The molecule has 2 heterocycles. The minimum atomic E-state index is -0.624. The number of ether oxygens (including phenoxy) is 3. The summed E-state index contributed by atoms with van der Waals surface area (Å²) in [4.78, 5) is 16.1. The number of nitrogens with zero attached hydrogens (tertiary/aromatic N) is 1. The number of hydrogen-bond acceptors (Lipinski definition) is 5. The van der Waals surface area contributed by atoms with Crippen LogP contribution in [0, 0.1) is 5.82 Å². The van der Waals surface area contributed by atoms with E-state index in [0.717, 1.165) is 0 Å². The van der Waals surface area contributed by atoms with E-state index in [9.17, 15) is 9.18 Å². The summed E-state index contributed by atoms with van der Waals surface area (Å²) in [6, 6.07) is 8.93. The standard InChI is InChI=1S/C16H15FN2O4/c17-11-1-3-12(4-2-11)23-13-5-6-15(18-9-13)19-16(20)14-10-21-7-8-22-14/h1-6,9,14H,7-8,10H2,(H,18,19,20)/t14-/m0/s1. The second-order valence-corrected chi connectivity index (χ2v) is 4.86. The Labute approximate surface area is 132 Å². The quantitative estimate of drug-likeness (QED) is 0.937. The van der Waals surface area contributed by atoms with E-state index >= 15 is 0 Å². The zero-order valence-corrected chi connectivity index (χ0v) is 12.2. The normalized spacial score (nSPS) is 17.5. The Morgan fingerprint density at radius 3 is 2.61 bits per heavy atom. The first kappa shape index (κ1) is 15.4. The van der Waals surface area contributed by atoms with Crippen LogP contribution in [0.4, 0.5) is 10.2 Å². The second-order valence-electron chi connectivity index (χ2n) is 4.86. The maximum Gasteiger partial charge on any atom is 0.257 e. The van der Waals surface area contributed by atoms with Crippen molar-refractivity contribution < 1.29 is 23.4 Å². The Morgan fingerprint density at radius 1 is 1.17 bits per heavy atom. The van der Waals surface area contributed by atoms with E-state index < -0.39 is 6.10 Å². The lowest BCUT2D eigenvalue weighted by molar-refractivity contribution is -0.142. The number of hydrogen-bond donors (Lipinski definition) is 1. The number of pyridine rings is 1. The predicted molar refractivity (Wildman–Crippen MR) is 79.9 cm³/mol. The first-order chi connectivity index (χ1) is 11.2. The third-order valence-corrected chi connectivity index (χ3v) is 3.15. The van der Waals surface area contributed by atoms with Crippen molar-refractivity contribution in [2.45, 2.75) is 6.10 Å². The van der Waals surface area contributed by atoms with Crippen molar-refractivity contribution in [1.29, 1.82) is 0 Å². The highest BCUT2D eigenvalue weighted by Gasteiger charge is 2.22. The van der Waals surface area contributed by atoms with E-state index in [1.165, 1.54) is 30.5 Å². The SMILES string of the molecule is O=C(Nc1ccc(Oc2ccc(F)cc2)cn1)[C@@H]1COCCO1. The lowest BCUT2D eigenvalue weighted by Crippen LogP contribution is -2.39. The zero-order valence-electron chi connectivity index (χ0n) is 12.2. The molecule has 2 aromatic rings. The Morgan fingerprint density at radius 2 is 1.96 bits per heavy atom. The average molecular weight is 318 g/mol. The first-order valence-electron chi connectivity index (χ1n) is 7.10. The third kappa shape index (κ3) is 4.24. The number of benzene rings is 1. The Bertz CT molecular complexity index is 655. The van der Waals surface area contributed by atoms with Crippen LogP contribution in [0.2, 0.25) is 0 Å². The van der Waals surface area contributed by atoms with Crippen LogP contribution >= 0.6 is 0 Å². The molecular formula is C16H15FN2O4. The molecule has 0 bridgehead atoms. The Balaban J connectivity index is 1.58. The summed E-state index contributed by atoms with van der Waals surface area (Å²) < 4.78 is 28.8. The van der Waals surface area contributed by atoms with Crippen LogP contribution in [0.1, 0.15) is 0 Å². The van der Waals surface area contributed by atoms with Gasteiger partial charge in [0.1, 0.15) is 23.1 Å². The fraction of sp³-hybridized carbons (Fsp3) is 0.250. The van der Waals surface area contributed by atoms with Crippen molar-refractivity contribution in [3.8, 4) is 11.5 Å². The maximum absolute atomic E-state index is 12.8. The summed E-state index contributed by atoms with van der Waals surface area (Å²) in [5.74, 6) is 0.729. The topological polar surface area (TPSA) is 69.7 Å². The molecule has 3 rings (SSSR count). The number of halogens is 1. The number of nitrogens with one attached hydrogen (secondary N) is 1. The van der Waals surface area contributed by atoms with E-state index in [1.807, 2.05) is 0 Å². The van der Waals surface area contributed by atoms with Gasteiger partial charge in [-0.15, -0.1) is 0 Å². The Kier molecular flexibility index (Phi) is 4.80. The van der Waals surface area contributed by atoms with E-state index in [0.29, 0.717) is 30.5 Å². The van der Waals surface area contributed by atoms with E-state index in [2.05, 4.69) is 10.3 Å². The molecule has 1 saturated heterocycles. The van der Waals surface area contributed by atoms with Gasteiger partial charge in [0.25, 0.3) is 5.91 Å². The molecule has 0 saturated carbocycles. The van der Waals surface area contributed by atoms with E-state index in [1.54, 1.807) is 12.1 Å². The second kappa shape index (κ2) is 7.17. The molecule has 1 fully saturated rings. The van der Waals surface area contributed by atoms with Gasteiger partial charge < -0.3 is 19.5 Å². The molecule has 120 valence electrons. The summed E-state index contributed by atoms with van der Waals surface area (Å²) in [5, 5.41) is 2.65. The molecule has 1 amide bonds. The fourth-order valence-corrected chi connectivity index (χ4v) is 2.00. The van der Waals surface area contributed by atoms with Gasteiger partial charge in [0.05, 0.1) is 26.0 Å². The maximum atomic E-state index is 12.8. The molecule has 1 N–H and O–H groups in total. The van der Waals surface area contributed by atoms with Gasteiger partial charge in [0.2, 0.25) is 0 Å². The van der Waals surface area contributed by atoms with Crippen molar-refractivity contribution in [2.75, 3.05) is 25.1 Å². The van der Waals surface area contributed by atoms with E-state index in [-0.39, 0.29) is 18.3 Å². The van der Waals surface area contributed by atoms with Crippen LogP contribution in [-0.2, 0) is 14.3 Å². The molecule has 0 radical (unpaired) electrons. The summed E-state index contributed by atoms with van der Waals surface area (Å²) >= 11 is 0. The molecule has 1 aliphatic heterocycles. The molecule has 7 heteroatoms. The highest BCUT2D eigenvalue weighted by atomic mass is 19.1. The van der Waals surface area contributed by atoms with Crippen molar-refractivity contribution in [3.05, 3.63) is 48.4 Å². The minimum absolute atomic E-state index is 0.234. The van der Waals surface area contributed by atoms with Crippen LogP contribution in [-0.4, -0.2) is 36.8 Å². The molecular weight excluding hydrogens is 303 g/mol. The van der Waals surface area contributed by atoms with Crippen LogP contribution in [0.15, 0.2) is 42.6 Å². The van der Waals surface area contributed by atoms with Gasteiger partial charge >= 0.3 is 0 Å². The molecule has 23 heavy (non-hydrogen) atoms. The molecule has 6 nitrogen and oxygen atoms in total. The fourth-order valence-electron chi connectivity index (χ4n) is 2.00. The van der Waals surface area contributed by atoms with Gasteiger partial charge in [-0.2, -0.15) is 0 Å². The highest BCUT2D eigenvalue weighted by molar-refractivity contribution is 5.93. The molecule has 0 aliphatic carbocycles. The summed E-state index contributed by atoms with van der Waals surface area (Å²) in [6.07, 6.45) is 0.845. The van der Waals surface area contributed by atoms with Gasteiger partial charge in [-0.1, -0.05) is 0 Å². The number of amides is 1. The van der Waals surface area contributed by atoms with Crippen molar-refractivity contribution >= 4 is 11.7 Å². The molecule has 0 spiro atoms. The van der Waals surface area contributed by atoms with Gasteiger partial charge in [-0.3, -0.25) is 4.79 Å². The summed E-state index contributed by atoms with van der Waals surface area (Å²) in [5.41, 5.74) is 0. The van der Waals surface area contributed by atoms with Crippen LogP contribution < -0.4 is 10.1 Å². The number of carbonyl (C=O) groups excluding carboxylic acids is 1.